The molecule has 0 aliphatic heterocycles. The fourth-order valence-electron chi connectivity index (χ4n) is 1.36. The molecule has 0 saturated heterocycles. The third-order valence-corrected chi connectivity index (χ3v) is 2.89. The first-order valence-electron chi connectivity index (χ1n) is 6.08. The third-order valence-electron chi connectivity index (χ3n) is 2.89. The SMILES string of the molecule is CC(=O)c1cccc(NC(=O)N[C@H](C)C(C)C)c1. The van der Waals surface area contributed by atoms with Crippen molar-refractivity contribution in [2.45, 2.75) is 33.7 Å². The summed E-state index contributed by atoms with van der Waals surface area (Å²) in [7, 11) is 0. The molecule has 0 spiro atoms. The summed E-state index contributed by atoms with van der Waals surface area (Å²) in [4.78, 5) is 22.9. The smallest absolute Gasteiger partial charge is 0.319 e. The second-order valence-electron chi connectivity index (χ2n) is 4.77. The fraction of sp³-hybridized carbons (Fsp3) is 0.429. The van der Waals surface area contributed by atoms with Crippen molar-refractivity contribution in [1.82, 2.24) is 5.32 Å². The molecule has 0 heterocycles. The lowest BCUT2D eigenvalue weighted by Gasteiger charge is -2.17. The third kappa shape index (κ3) is 4.20. The minimum absolute atomic E-state index is 0.0189. The number of hydrogen-bond donors (Lipinski definition) is 2. The van der Waals surface area contributed by atoms with Crippen molar-refractivity contribution in [2.24, 2.45) is 5.92 Å². The summed E-state index contributed by atoms with van der Waals surface area (Å²) < 4.78 is 0. The highest BCUT2D eigenvalue weighted by molar-refractivity contribution is 5.96. The zero-order chi connectivity index (χ0) is 13.7. The topological polar surface area (TPSA) is 58.2 Å². The summed E-state index contributed by atoms with van der Waals surface area (Å²) in [5.41, 5.74) is 1.21. The predicted octanol–water partition coefficient (Wildman–Crippen LogP) is 3.06. The first-order valence-corrected chi connectivity index (χ1v) is 6.08. The Morgan fingerprint density at radius 3 is 2.39 bits per heavy atom. The van der Waals surface area contributed by atoms with E-state index in [4.69, 9.17) is 0 Å². The number of amides is 2. The van der Waals surface area contributed by atoms with Crippen molar-refractivity contribution < 1.29 is 9.59 Å². The van der Waals surface area contributed by atoms with Gasteiger partial charge in [0.15, 0.2) is 5.78 Å². The van der Waals surface area contributed by atoms with Crippen LogP contribution in [0.15, 0.2) is 24.3 Å². The number of rotatable bonds is 4. The van der Waals surface area contributed by atoms with Crippen LogP contribution in [0.25, 0.3) is 0 Å². The van der Waals surface area contributed by atoms with Crippen LogP contribution >= 0.6 is 0 Å². The predicted molar refractivity (Wildman–Crippen MR) is 72.9 cm³/mol. The second-order valence-corrected chi connectivity index (χ2v) is 4.77. The Balaban J connectivity index is 2.65. The van der Waals surface area contributed by atoms with Gasteiger partial charge in [-0.25, -0.2) is 4.79 Å². The Bertz CT molecular complexity index is 441. The molecule has 0 saturated carbocycles. The molecule has 1 aromatic carbocycles. The fourth-order valence-corrected chi connectivity index (χ4v) is 1.36. The summed E-state index contributed by atoms with van der Waals surface area (Å²) in [5.74, 6) is 0.355. The van der Waals surface area contributed by atoms with Crippen molar-refractivity contribution in [3.63, 3.8) is 0 Å². The van der Waals surface area contributed by atoms with Crippen LogP contribution in [0, 0.1) is 5.92 Å². The van der Waals surface area contributed by atoms with Crippen LogP contribution in [0.4, 0.5) is 10.5 Å². The Morgan fingerprint density at radius 1 is 1.17 bits per heavy atom. The van der Waals surface area contributed by atoms with Crippen LogP contribution in [-0.4, -0.2) is 17.9 Å². The van der Waals surface area contributed by atoms with E-state index in [0.717, 1.165) is 0 Å². The van der Waals surface area contributed by atoms with Crippen molar-refractivity contribution >= 4 is 17.5 Å². The molecule has 2 N–H and O–H groups in total. The summed E-state index contributed by atoms with van der Waals surface area (Å²) in [6.45, 7) is 7.54. The summed E-state index contributed by atoms with van der Waals surface area (Å²) in [5, 5.41) is 5.56. The second kappa shape index (κ2) is 6.19. The number of hydrogen-bond acceptors (Lipinski definition) is 2. The molecule has 0 aliphatic carbocycles. The molecule has 1 atom stereocenters. The summed E-state index contributed by atoms with van der Waals surface area (Å²) in [6.07, 6.45) is 0. The number of urea groups is 1. The number of nitrogens with one attached hydrogen (secondary N) is 2. The van der Waals surface area contributed by atoms with E-state index in [-0.39, 0.29) is 17.9 Å². The monoisotopic (exact) mass is 248 g/mol. The first-order chi connectivity index (χ1) is 8.40. The number of carbonyl (C=O) groups is 2. The Kier molecular flexibility index (Phi) is 4.89. The molecule has 0 aliphatic rings. The van der Waals surface area contributed by atoms with E-state index in [2.05, 4.69) is 10.6 Å². The van der Waals surface area contributed by atoms with E-state index in [0.29, 0.717) is 17.2 Å². The lowest BCUT2D eigenvalue weighted by Crippen LogP contribution is -2.39. The van der Waals surface area contributed by atoms with Gasteiger partial charge in [0.2, 0.25) is 0 Å². The Labute approximate surface area is 108 Å². The molecule has 0 radical (unpaired) electrons. The van der Waals surface area contributed by atoms with Crippen molar-refractivity contribution in [3.05, 3.63) is 29.8 Å². The lowest BCUT2D eigenvalue weighted by atomic mass is 10.1. The quantitative estimate of drug-likeness (QED) is 0.804. The zero-order valence-corrected chi connectivity index (χ0v) is 11.3. The van der Waals surface area contributed by atoms with Gasteiger partial charge in [0.05, 0.1) is 0 Å². The van der Waals surface area contributed by atoms with Gasteiger partial charge in [-0.3, -0.25) is 4.79 Å². The molecule has 4 nitrogen and oxygen atoms in total. The molecule has 0 fully saturated rings. The number of ketones is 1. The molecule has 2 amide bonds. The van der Waals surface area contributed by atoms with Crippen molar-refractivity contribution in [2.75, 3.05) is 5.32 Å². The highest BCUT2D eigenvalue weighted by Gasteiger charge is 2.10. The normalized spacial score (nSPS) is 12.1. The highest BCUT2D eigenvalue weighted by atomic mass is 16.2. The maximum absolute atomic E-state index is 11.7. The first kappa shape index (κ1) is 14.2. The summed E-state index contributed by atoms with van der Waals surface area (Å²) >= 11 is 0. The van der Waals surface area contributed by atoms with Crippen molar-refractivity contribution in [3.8, 4) is 0 Å². The van der Waals surface area contributed by atoms with E-state index in [1.807, 2.05) is 20.8 Å². The maximum atomic E-state index is 11.7. The standard InChI is InChI=1S/C14H20N2O2/c1-9(2)10(3)15-14(18)16-13-7-5-6-12(8-13)11(4)17/h5-10H,1-4H3,(H2,15,16,18)/t10-/m1/s1. The van der Waals surface area contributed by atoms with E-state index in [9.17, 15) is 9.59 Å². The van der Waals surface area contributed by atoms with Gasteiger partial charge in [0.25, 0.3) is 0 Å². The van der Waals surface area contributed by atoms with Crippen molar-refractivity contribution in [1.29, 1.82) is 0 Å². The van der Waals surface area contributed by atoms with Gasteiger partial charge in [0.1, 0.15) is 0 Å². The highest BCUT2D eigenvalue weighted by Crippen LogP contribution is 2.11. The van der Waals surface area contributed by atoms with Crippen LogP contribution in [-0.2, 0) is 0 Å². The average Bonchev–Trinajstić information content (AvgIpc) is 2.28. The van der Waals surface area contributed by atoms with Gasteiger partial charge >= 0.3 is 6.03 Å². The van der Waals surface area contributed by atoms with E-state index < -0.39 is 0 Å². The molecule has 98 valence electrons. The molecule has 1 aromatic rings. The minimum Gasteiger partial charge on any atom is -0.335 e. The maximum Gasteiger partial charge on any atom is 0.319 e. The lowest BCUT2D eigenvalue weighted by molar-refractivity contribution is 0.101. The largest absolute Gasteiger partial charge is 0.335 e. The van der Waals surface area contributed by atoms with E-state index >= 15 is 0 Å². The van der Waals surface area contributed by atoms with E-state index in [1.165, 1.54) is 6.92 Å². The molecule has 0 bridgehead atoms. The van der Waals surface area contributed by atoms with Gasteiger partial charge in [-0.05, 0) is 31.9 Å². The van der Waals surface area contributed by atoms with Gasteiger partial charge in [-0.1, -0.05) is 26.0 Å². The minimum atomic E-state index is -0.253. The average molecular weight is 248 g/mol. The summed E-state index contributed by atoms with van der Waals surface area (Å²) in [6, 6.07) is 6.74. The molecule has 4 heteroatoms. The van der Waals surface area contributed by atoms with Gasteiger partial charge in [-0.15, -0.1) is 0 Å². The molecule has 18 heavy (non-hydrogen) atoms. The molecular weight excluding hydrogens is 228 g/mol. The van der Waals surface area contributed by atoms with E-state index in [1.54, 1.807) is 24.3 Å². The molecule has 0 aromatic heterocycles. The van der Waals surface area contributed by atoms with Crippen LogP contribution < -0.4 is 10.6 Å². The van der Waals surface area contributed by atoms with Gasteiger partial charge < -0.3 is 10.6 Å². The zero-order valence-electron chi connectivity index (χ0n) is 11.3. The Morgan fingerprint density at radius 2 is 1.83 bits per heavy atom. The van der Waals surface area contributed by atoms with Gasteiger partial charge in [-0.2, -0.15) is 0 Å². The van der Waals surface area contributed by atoms with Crippen LogP contribution in [0.2, 0.25) is 0 Å². The number of benzene rings is 1. The number of Topliss-reactive ketones (excluding diaryl/α,β-unsaturated/α-hetero) is 1. The molecular formula is C14H20N2O2. The van der Waals surface area contributed by atoms with Crippen LogP contribution in [0.3, 0.4) is 0 Å². The number of anilines is 1. The van der Waals surface area contributed by atoms with Crippen LogP contribution in [0.5, 0.6) is 0 Å². The number of carbonyl (C=O) groups excluding carboxylic acids is 2. The Hall–Kier alpha value is -1.84. The van der Waals surface area contributed by atoms with Gasteiger partial charge in [0, 0.05) is 17.3 Å². The van der Waals surface area contributed by atoms with Crippen LogP contribution in [0.1, 0.15) is 38.1 Å². The molecule has 1 rings (SSSR count). The molecule has 0 unspecified atom stereocenters.